The Hall–Kier alpha value is -3.23. The minimum absolute atomic E-state index is 0.0147. The number of carbonyl (C=O) groups is 1. The molecule has 8 heteroatoms. The third-order valence-corrected chi connectivity index (χ3v) is 5.07. The van der Waals surface area contributed by atoms with Crippen molar-refractivity contribution in [2.45, 2.75) is 18.2 Å². The third-order valence-electron chi connectivity index (χ3n) is 4.07. The van der Waals surface area contributed by atoms with Crippen LogP contribution in [0.5, 0.6) is 0 Å². The smallest absolute Gasteiger partial charge is 0.248 e. The number of amides is 1. The first-order chi connectivity index (χ1) is 13.4. The number of rotatable bonds is 6. The van der Waals surface area contributed by atoms with Crippen LogP contribution in [0.4, 0.5) is 5.69 Å². The lowest BCUT2D eigenvalue weighted by Crippen LogP contribution is -2.15. The zero-order chi connectivity index (χ0) is 20.1. The molecular formula is C20H20N4O3S. The van der Waals surface area contributed by atoms with E-state index >= 15 is 0 Å². The summed E-state index contributed by atoms with van der Waals surface area (Å²) in [6.07, 6.45) is 6.95. The zero-order valence-electron chi connectivity index (χ0n) is 15.2. The van der Waals surface area contributed by atoms with Crippen LogP contribution in [0.3, 0.4) is 0 Å². The monoisotopic (exact) mass is 396 g/mol. The average Bonchev–Trinajstić information content (AvgIpc) is 3.15. The number of anilines is 1. The topological polar surface area (TPSA) is 107 Å². The van der Waals surface area contributed by atoms with Crippen molar-refractivity contribution < 1.29 is 13.2 Å². The van der Waals surface area contributed by atoms with Gasteiger partial charge in [0.2, 0.25) is 15.9 Å². The first-order valence-corrected chi connectivity index (χ1v) is 10.2. The summed E-state index contributed by atoms with van der Waals surface area (Å²) in [4.78, 5) is 12.2. The standard InChI is InChI=1S/C20H20N4O3S/c1-2-16-9-10-17(12-19(16)28(21,26)27)23-20(25)11-8-15-13-22-24(14-15)18-6-4-3-5-7-18/h3-14H,2H2,1H3,(H,23,25)(H2,21,26,27)/b11-8+. The molecule has 0 aliphatic carbocycles. The first-order valence-electron chi connectivity index (χ1n) is 8.61. The summed E-state index contributed by atoms with van der Waals surface area (Å²) in [5.74, 6) is -0.392. The van der Waals surface area contributed by atoms with E-state index in [4.69, 9.17) is 5.14 Å². The van der Waals surface area contributed by atoms with Gasteiger partial charge in [0.05, 0.1) is 16.8 Å². The summed E-state index contributed by atoms with van der Waals surface area (Å²) in [6, 6.07) is 14.3. The Morgan fingerprint density at radius 1 is 1.21 bits per heavy atom. The summed E-state index contributed by atoms with van der Waals surface area (Å²) in [6.45, 7) is 1.83. The van der Waals surface area contributed by atoms with Gasteiger partial charge in [0.15, 0.2) is 0 Å². The van der Waals surface area contributed by atoms with Crippen LogP contribution < -0.4 is 10.5 Å². The second-order valence-electron chi connectivity index (χ2n) is 6.10. The van der Waals surface area contributed by atoms with Crippen molar-refractivity contribution in [3.8, 4) is 5.69 Å². The summed E-state index contributed by atoms with van der Waals surface area (Å²) < 4.78 is 25.2. The van der Waals surface area contributed by atoms with Gasteiger partial charge in [0.1, 0.15) is 0 Å². The van der Waals surface area contributed by atoms with Crippen LogP contribution >= 0.6 is 0 Å². The van der Waals surface area contributed by atoms with Gasteiger partial charge in [0, 0.05) is 23.5 Å². The molecule has 0 aliphatic heterocycles. The molecule has 0 spiro atoms. The molecule has 2 aromatic carbocycles. The van der Waals surface area contributed by atoms with Gasteiger partial charge in [-0.2, -0.15) is 5.10 Å². The van der Waals surface area contributed by atoms with Gasteiger partial charge in [-0.1, -0.05) is 31.2 Å². The van der Waals surface area contributed by atoms with E-state index in [0.717, 1.165) is 11.3 Å². The third kappa shape index (κ3) is 4.73. The van der Waals surface area contributed by atoms with Crippen LogP contribution in [0, 0.1) is 0 Å². The highest BCUT2D eigenvalue weighted by atomic mass is 32.2. The number of hydrogen-bond donors (Lipinski definition) is 2. The molecule has 3 rings (SSSR count). The van der Waals surface area contributed by atoms with Crippen LogP contribution in [0.25, 0.3) is 11.8 Å². The van der Waals surface area contributed by atoms with Crippen LogP contribution in [0.15, 0.2) is 71.9 Å². The van der Waals surface area contributed by atoms with Gasteiger partial charge in [-0.3, -0.25) is 4.79 Å². The first kappa shape index (κ1) is 19.5. The molecule has 0 aliphatic rings. The SMILES string of the molecule is CCc1ccc(NC(=O)/C=C/c2cnn(-c3ccccc3)c2)cc1S(N)(=O)=O. The molecule has 1 amide bonds. The van der Waals surface area contributed by atoms with E-state index in [9.17, 15) is 13.2 Å². The van der Waals surface area contributed by atoms with Gasteiger partial charge < -0.3 is 5.32 Å². The second kappa shape index (κ2) is 8.20. The normalized spacial score (nSPS) is 11.6. The number of nitrogens with two attached hydrogens (primary N) is 1. The van der Waals surface area contributed by atoms with Crippen molar-refractivity contribution in [3.05, 3.63) is 78.1 Å². The van der Waals surface area contributed by atoms with Gasteiger partial charge in [-0.15, -0.1) is 0 Å². The summed E-state index contributed by atoms with van der Waals surface area (Å²) in [5, 5.41) is 12.2. The van der Waals surface area contributed by atoms with Crippen molar-refractivity contribution in [3.63, 3.8) is 0 Å². The maximum absolute atomic E-state index is 12.2. The van der Waals surface area contributed by atoms with Crippen molar-refractivity contribution in [2.24, 2.45) is 5.14 Å². The predicted molar refractivity (Wildman–Crippen MR) is 108 cm³/mol. The second-order valence-corrected chi connectivity index (χ2v) is 7.63. The van der Waals surface area contributed by atoms with E-state index in [1.807, 2.05) is 37.3 Å². The minimum Gasteiger partial charge on any atom is -0.322 e. The molecule has 0 saturated heterocycles. The van der Waals surface area contributed by atoms with Crippen molar-refractivity contribution in [2.75, 3.05) is 5.32 Å². The fourth-order valence-corrected chi connectivity index (χ4v) is 3.56. The molecule has 7 nitrogen and oxygen atoms in total. The largest absolute Gasteiger partial charge is 0.322 e. The Balaban J connectivity index is 1.72. The summed E-state index contributed by atoms with van der Waals surface area (Å²) in [5.41, 5.74) is 2.63. The average molecular weight is 396 g/mol. The number of primary sulfonamides is 1. The number of nitrogens with one attached hydrogen (secondary N) is 1. The molecule has 3 aromatic rings. The highest BCUT2D eigenvalue weighted by Gasteiger charge is 2.14. The Bertz CT molecular complexity index is 1120. The maximum Gasteiger partial charge on any atom is 0.248 e. The number of para-hydroxylation sites is 1. The highest BCUT2D eigenvalue weighted by Crippen LogP contribution is 2.20. The molecule has 0 radical (unpaired) electrons. The van der Waals surface area contributed by atoms with Crippen molar-refractivity contribution in [1.29, 1.82) is 0 Å². The number of aromatic nitrogens is 2. The van der Waals surface area contributed by atoms with Crippen LogP contribution in [0.2, 0.25) is 0 Å². The molecule has 0 atom stereocenters. The molecule has 0 bridgehead atoms. The molecule has 0 saturated carbocycles. The van der Waals surface area contributed by atoms with Crippen molar-refractivity contribution in [1.82, 2.24) is 9.78 Å². The molecule has 144 valence electrons. The molecule has 1 aromatic heterocycles. The van der Waals surface area contributed by atoms with Crippen LogP contribution in [0.1, 0.15) is 18.1 Å². The lowest BCUT2D eigenvalue weighted by Gasteiger charge is -2.09. The van der Waals surface area contributed by atoms with E-state index in [-0.39, 0.29) is 4.90 Å². The van der Waals surface area contributed by atoms with E-state index < -0.39 is 15.9 Å². The molecule has 1 heterocycles. The molecule has 0 fully saturated rings. The van der Waals surface area contributed by atoms with E-state index in [1.54, 1.807) is 35.3 Å². The number of aryl methyl sites for hydroxylation is 1. The molecule has 3 N–H and O–H groups in total. The highest BCUT2D eigenvalue weighted by molar-refractivity contribution is 7.89. The fourth-order valence-electron chi connectivity index (χ4n) is 2.69. The van der Waals surface area contributed by atoms with Gasteiger partial charge in [0.25, 0.3) is 0 Å². The Morgan fingerprint density at radius 3 is 2.64 bits per heavy atom. The fraction of sp³-hybridized carbons (Fsp3) is 0.100. The van der Waals surface area contributed by atoms with Gasteiger partial charge in [-0.05, 0) is 42.3 Å². The quantitative estimate of drug-likeness (QED) is 0.625. The van der Waals surface area contributed by atoms with E-state index in [0.29, 0.717) is 17.7 Å². The van der Waals surface area contributed by atoms with Crippen LogP contribution in [-0.2, 0) is 21.2 Å². The van der Waals surface area contributed by atoms with E-state index in [2.05, 4.69) is 10.4 Å². The number of carbonyl (C=O) groups excluding carboxylic acids is 1. The number of sulfonamides is 1. The van der Waals surface area contributed by atoms with Crippen LogP contribution in [-0.4, -0.2) is 24.1 Å². The van der Waals surface area contributed by atoms with Crippen molar-refractivity contribution >= 4 is 27.7 Å². The number of benzene rings is 2. The molecular weight excluding hydrogens is 376 g/mol. The lowest BCUT2D eigenvalue weighted by atomic mass is 10.1. The molecule has 0 unspecified atom stereocenters. The predicted octanol–water partition coefficient (Wildman–Crippen LogP) is 2.73. The Kier molecular flexibility index (Phi) is 5.72. The summed E-state index contributed by atoms with van der Waals surface area (Å²) >= 11 is 0. The summed E-state index contributed by atoms with van der Waals surface area (Å²) in [7, 11) is -3.86. The molecule has 28 heavy (non-hydrogen) atoms. The zero-order valence-corrected chi connectivity index (χ0v) is 16.1. The minimum atomic E-state index is -3.86. The van der Waals surface area contributed by atoms with Gasteiger partial charge >= 0.3 is 0 Å². The Labute approximate surface area is 163 Å². The number of hydrogen-bond acceptors (Lipinski definition) is 4. The van der Waals surface area contributed by atoms with E-state index in [1.165, 1.54) is 12.1 Å². The Morgan fingerprint density at radius 2 is 1.96 bits per heavy atom. The van der Waals surface area contributed by atoms with Gasteiger partial charge in [-0.25, -0.2) is 18.2 Å². The number of nitrogens with zero attached hydrogens (tertiary/aromatic N) is 2. The lowest BCUT2D eigenvalue weighted by molar-refractivity contribution is -0.111. The maximum atomic E-state index is 12.2.